The fourth-order valence-electron chi connectivity index (χ4n) is 2.32. The Morgan fingerprint density at radius 3 is 2.50 bits per heavy atom. The third-order valence-corrected chi connectivity index (χ3v) is 6.50. The number of thiazole rings is 1. The molecule has 3 aromatic rings. The number of hydrogen-bond acceptors (Lipinski definition) is 4. The summed E-state index contributed by atoms with van der Waals surface area (Å²) in [5.41, 5.74) is 2.48. The van der Waals surface area contributed by atoms with Crippen molar-refractivity contribution in [2.24, 2.45) is 12.0 Å². The molecule has 0 aliphatic carbocycles. The van der Waals surface area contributed by atoms with Gasteiger partial charge in [0, 0.05) is 18.0 Å². The molecule has 0 saturated heterocycles. The van der Waals surface area contributed by atoms with Gasteiger partial charge in [-0.15, -0.1) is 28.3 Å². The molecule has 138 valence electrons. The van der Waals surface area contributed by atoms with Gasteiger partial charge in [-0.1, -0.05) is 35.9 Å². The summed E-state index contributed by atoms with van der Waals surface area (Å²) in [6, 6.07) is 14.6. The predicted molar refractivity (Wildman–Crippen MR) is 112 cm³/mol. The monoisotopic (exact) mass is 473 g/mol. The molecule has 0 bridgehead atoms. The molecule has 0 amide bonds. The molecule has 1 aromatic heterocycles. The molecular weight excluding hydrogens is 458 g/mol. The molecule has 0 aliphatic rings. The third-order valence-electron chi connectivity index (χ3n) is 3.69. The molecule has 0 aliphatic heterocycles. The molecule has 9 heteroatoms. The number of aromatic nitrogens is 1. The normalized spacial score (nSPS) is 12.0. The molecular formula is C17H17BrClN3O2S2. The standard InChI is InChI=1S/C17H16ClN3O2S2.BrH/c1-19-25(22,23)16-10-12(8-9-14(16)18)15-11-24-17(21(15)2)20-13-6-4-3-5-7-13;/h3-11,19H,1-2H3;1H/b20-17+;. The topological polar surface area (TPSA) is 63.5 Å². The zero-order chi connectivity index (χ0) is 18.0. The number of sulfonamides is 1. The minimum atomic E-state index is -3.63. The van der Waals surface area contributed by atoms with Gasteiger partial charge in [-0.2, -0.15) is 0 Å². The highest BCUT2D eigenvalue weighted by Gasteiger charge is 2.17. The summed E-state index contributed by atoms with van der Waals surface area (Å²) < 4.78 is 28.5. The Hall–Kier alpha value is -1.45. The zero-order valence-corrected chi connectivity index (χ0v) is 18.1. The maximum absolute atomic E-state index is 12.1. The SMILES string of the molecule is Br.CNS(=O)(=O)c1cc(-c2cs/c(=N/c3ccccc3)n2C)ccc1Cl. The zero-order valence-electron chi connectivity index (χ0n) is 14.0. The lowest BCUT2D eigenvalue weighted by atomic mass is 10.2. The summed E-state index contributed by atoms with van der Waals surface area (Å²) in [4.78, 5) is 5.49. The lowest BCUT2D eigenvalue weighted by Crippen LogP contribution is -2.19. The molecule has 0 unspecified atom stereocenters. The Kier molecular flexibility index (Phi) is 6.81. The Morgan fingerprint density at radius 1 is 1.15 bits per heavy atom. The molecule has 2 aromatic carbocycles. The summed E-state index contributed by atoms with van der Waals surface area (Å²) in [5.74, 6) is 0. The van der Waals surface area contributed by atoms with E-state index in [9.17, 15) is 8.42 Å². The van der Waals surface area contributed by atoms with Crippen LogP contribution in [0, 0.1) is 0 Å². The maximum atomic E-state index is 12.1. The van der Waals surface area contributed by atoms with Crippen molar-refractivity contribution in [2.75, 3.05) is 7.05 Å². The Labute approximate surface area is 171 Å². The molecule has 1 heterocycles. The lowest BCUT2D eigenvalue weighted by molar-refractivity contribution is 0.588. The van der Waals surface area contributed by atoms with Gasteiger partial charge in [-0.05, 0) is 31.3 Å². The number of benzene rings is 2. The first-order chi connectivity index (χ1) is 11.9. The van der Waals surface area contributed by atoms with Gasteiger partial charge in [0.25, 0.3) is 0 Å². The summed E-state index contributed by atoms with van der Waals surface area (Å²) in [6.45, 7) is 0. The van der Waals surface area contributed by atoms with Gasteiger partial charge in [0.2, 0.25) is 10.0 Å². The largest absolute Gasteiger partial charge is 0.320 e. The van der Waals surface area contributed by atoms with Crippen molar-refractivity contribution in [3.05, 3.63) is 63.7 Å². The van der Waals surface area contributed by atoms with Crippen molar-refractivity contribution in [3.63, 3.8) is 0 Å². The molecule has 3 rings (SSSR count). The molecule has 1 N–H and O–H groups in total. The summed E-state index contributed by atoms with van der Waals surface area (Å²) >= 11 is 7.54. The van der Waals surface area contributed by atoms with E-state index in [0.29, 0.717) is 0 Å². The summed E-state index contributed by atoms with van der Waals surface area (Å²) in [6.07, 6.45) is 0. The second kappa shape index (κ2) is 8.49. The van der Waals surface area contributed by atoms with Gasteiger partial charge < -0.3 is 4.57 Å². The Bertz CT molecular complexity index is 1080. The highest BCUT2D eigenvalue weighted by Crippen LogP contribution is 2.28. The van der Waals surface area contributed by atoms with E-state index >= 15 is 0 Å². The molecule has 0 saturated carbocycles. The smallest absolute Gasteiger partial charge is 0.241 e. The van der Waals surface area contributed by atoms with Crippen molar-refractivity contribution < 1.29 is 8.42 Å². The van der Waals surface area contributed by atoms with Crippen LogP contribution in [0.3, 0.4) is 0 Å². The first-order valence-corrected chi connectivity index (χ1v) is 10.1. The van der Waals surface area contributed by atoms with E-state index in [1.165, 1.54) is 18.4 Å². The van der Waals surface area contributed by atoms with Crippen LogP contribution in [0.4, 0.5) is 5.69 Å². The van der Waals surface area contributed by atoms with E-state index in [4.69, 9.17) is 11.6 Å². The maximum Gasteiger partial charge on any atom is 0.241 e. The quantitative estimate of drug-likeness (QED) is 0.618. The highest BCUT2D eigenvalue weighted by molar-refractivity contribution is 8.93. The first kappa shape index (κ1) is 20.9. The van der Waals surface area contributed by atoms with Gasteiger partial charge >= 0.3 is 0 Å². The van der Waals surface area contributed by atoms with E-state index < -0.39 is 10.0 Å². The van der Waals surface area contributed by atoms with Gasteiger partial charge in [-0.25, -0.2) is 18.1 Å². The summed E-state index contributed by atoms with van der Waals surface area (Å²) in [5, 5.41) is 2.13. The van der Waals surface area contributed by atoms with E-state index in [1.54, 1.807) is 18.2 Å². The number of nitrogens with zero attached hydrogens (tertiary/aromatic N) is 2. The second-order valence-electron chi connectivity index (χ2n) is 5.26. The van der Waals surface area contributed by atoms with Gasteiger partial charge in [-0.3, -0.25) is 0 Å². The average Bonchev–Trinajstić information content (AvgIpc) is 2.97. The minimum absolute atomic E-state index is 0. The van der Waals surface area contributed by atoms with Crippen molar-refractivity contribution in [3.8, 4) is 11.3 Å². The lowest BCUT2D eigenvalue weighted by Gasteiger charge is -2.08. The van der Waals surface area contributed by atoms with E-state index in [-0.39, 0.29) is 26.9 Å². The fourth-order valence-corrected chi connectivity index (χ4v) is 4.50. The summed E-state index contributed by atoms with van der Waals surface area (Å²) in [7, 11) is -0.367. The van der Waals surface area contributed by atoms with Crippen molar-refractivity contribution in [1.82, 2.24) is 9.29 Å². The predicted octanol–water partition coefficient (Wildman–Crippen LogP) is 4.13. The van der Waals surface area contributed by atoms with Crippen LogP contribution >= 0.6 is 39.9 Å². The number of halogens is 2. The average molecular weight is 475 g/mol. The van der Waals surface area contributed by atoms with Crippen LogP contribution in [-0.4, -0.2) is 20.0 Å². The molecule has 0 spiro atoms. The van der Waals surface area contributed by atoms with E-state index in [2.05, 4.69) is 9.71 Å². The van der Waals surface area contributed by atoms with Crippen LogP contribution in [0.15, 0.2) is 63.8 Å². The van der Waals surface area contributed by atoms with Crippen molar-refractivity contribution in [1.29, 1.82) is 0 Å². The molecule has 26 heavy (non-hydrogen) atoms. The Balaban J connectivity index is 0.00000243. The number of nitrogens with one attached hydrogen (secondary N) is 1. The fraction of sp³-hybridized carbons (Fsp3) is 0.118. The second-order valence-corrected chi connectivity index (χ2v) is 8.36. The Morgan fingerprint density at radius 2 is 1.85 bits per heavy atom. The van der Waals surface area contributed by atoms with Gasteiger partial charge in [0.1, 0.15) is 4.90 Å². The van der Waals surface area contributed by atoms with Crippen LogP contribution in [0.1, 0.15) is 0 Å². The van der Waals surface area contributed by atoms with E-state index in [1.807, 2.05) is 47.3 Å². The molecule has 5 nitrogen and oxygen atoms in total. The number of hydrogen-bond donors (Lipinski definition) is 1. The number of para-hydroxylation sites is 1. The molecule has 0 fully saturated rings. The number of rotatable bonds is 4. The highest BCUT2D eigenvalue weighted by atomic mass is 79.9. The van der Waals surface area contributed by atoms with Crippen LogP contribution in [0.25, 0.3) is 11.3 Å². The third kappa shape index (κ3) is 4.27. The van der Waals surface area contributed by atoms with Crippen LogP contribution in [-0.2, 0) is 17.1 Å². The molecule has 0 atom stereocenters. The van der Waals surface area contributed by atoms with Crippen LogP contribution in [0.2, 0.25) is 5.02 Å². The van der Waals surface area contributed by atoms with Crippen molar-refractivity contribution >= 4 is 55.6 Å². The van der Waals surface area contributed by atoms with Gasteiger partial charge in [0.15, 0.2) is 4.80 Å². The van der Waals surface area contributed by atoms with Crippen LogP contribution < -0.4 is 9.52 Å². The molecule has 0 radical (unpaired) electrons. The minimum Gasteiger partial charge on any atom is -0.320 e. The first-order valence-electron chi connectivity index (χ1n) is 7.40. The van der Waals surface area contributed by atoms with Crippen LogP contribution in [0.5, 0.6) is 0 Å². The van der Waals surface area contributed by atoms with Crippen molar-refractivity contribution in [2.45, 2.75) is 4.90 Å². The van der Waals surface area contributed by atoms with E-state index in [0.717, 1.165) is 21.7 Å². The van der Waals surface area contributed by atoms with Gasteiger partial charge in [0.05, 0.1) is 16.4 Å².